The Morgan fingerprint density at radius 1 is 0.788 bits per heavy atom. The molecule has 2 aromatic rings. The smallest absolute Gasteiger partial charge is 0.343 e. The van der Waals surface area contributed by atoms with Gasteiger partial charge in [0.25, 0.3) is 5.91 Å². The third-order valence-electron chi connectivity index (χ3n) is 14.7. The standard InChI is InChI=1S/C49H67N9O8/c1-31(2)58(30-35-25-40(45(60)53-65)43(52-29-35)47(62)56-19-13-37(14-20-56)36-9-5-4-6-10-36)49(64)66-54-46(61)41-24-34(26-42(59)55-17-7-8-18-55)28-51-44(41)48(63)57-21-15-38(16-22-57)39-12-11-33(27-50)23-32(39)3/h4-6,9-12,23,31,34-35,37-38,40-41,43-44,51-52,65H,7-8,13-22,24-26,28-30H2,1-3H3,(H,53,60)(H,54,61)/t34-,35?,40+,41+,43+,44+/m1/s1. The van der Waals surface area contributed by atoms with Gasteiger partial charge in [-0.1, -0.05) is 36.4 Å². The molecule has 0 spiro atoms. The number of likely N-dealkylation sites (tertiary alicyclic amines) is 3. The molecule has 7 rings (SSSR count). The van der Waals surface area contributed by atoms with Crippen molar-refractivity contribution in [1.29, 1.82) is 5.26 Å². The monoisotopic (exact) mass is 910 g/mol. The third kappa shape index (κ3) is 11.5. The number of hydrogen-bond donors (Lipinski definition) is 5. The van der Waals surface area contributed by atoms with Crippen molar-refractivity contribution in [3.8, 4) is 6.07 Å². The van der Waals surface area contributed by atoms with Crippen LogP contribution in [0, 0.1) is 41.9 Å². The van der Waals surface area contributed by atoms with E-state index in [9.17, 15) is 39.2 Å². The summed E-state index contributed by atoms with van der Waals surface area (Å²) in [7, 11) is 0. The zero-order valence-corrected chi connectivity index (χ0v) is 38.6. The highest BCUT2D eigenvalue weighted by Crippen LogP contribution is 2.34. The molecule has 17 heteroatoms. The van der Waals surface area contributed by atoms with Gasteiger partial charge in [0.15, 0.2) is 0 Å². The number of nitrogens with one attached hydrogen (secondary N) is 4. The van der Waals surface area contributed by atoms with E-state index < -0.39 is 41.8 Å². The molecule has 17 nitrogen and oxygen atoms in total. The predicted molar refractivity (Wildman–Crippen MR) is 243 cm³/mol. The molecule has 0 aromatic heterocycles. The SMILES string of the molecule is Cc1cc(C#N)ccc1C1CCN(C(=O)[C@H]2NC[C@@H](CC(=O)N3CCCC3)C[C@@H]2C(=O)NOC(=O)N(CC2CN[C@H](C(=O)N3CCC(c4ccccc4)CC3)[C@@H](C(=O)NO)C2)C(C)C)CC1. The van der Waals surface area contributed by atoms with Crippen LogP contribution in [-0.2, 0) is 28.8 Å². The molecule has 6 atom stereocenters. The summed E-state index contributed by atoms with van der Waals surface area (Å²) in [5.41, 5.74) is 8.18. The van der Waals surface area contributed by atoms with E-state index in [4.69, 9.17) is 4.84 Å². The number of nitriles is 1. The normalized spacial score (nSPS) is 25.2. The first kappa shape index (κ1) is 48.4. The molecule has 5 heterocycles. The highest BCUT2D eigenvalue weighted by atomic mass is 16.7. The Balaban J connectivity index is 0.962. The first-order valence-corrected chi connectivity index (χ1v) is 23.9. The summed E-state index contributed by atoms with van der Waals surface area (Å²) in [5, 5.41) is 25.6. The molecule has 5 fully saturated rings. The minimum absolute atomic E-state index is 0.0254. The van der Waals surface area contributed by atoms with Crippen LogP contribution in [0.25, 0.3) is 0 Å². The van der Waals surface area contributed by atoms with Crippen molar-refractivity contribution in [3.63, 3.8) is 0 Å². The molecule has 0 aliphatic carbocycles. The molecule has 6 amide bonds. The Labute approximate surface area is 387 Å². The fraction of sp³-hybridized carbons (Fsp3) is 0.612. The summed E-state index contributed by atoms with van der Waals surface area (Å²) in [4.78, 5) is 94.6. The fourth-order valence-electron chi connectivity index (χ4n) is 11.0. The number of piperidine rings is 4. The van der Waals surface area contributed by atoms with Gasteiger partial charge in [-0.2, -0.15) is 10.7 Å². The van der Waals surface area contributed by atoms with E-state index in [1.807, 2.05) is 48.2 Å². The van der Waals surface area contributed by atoms with Crippen LogP contribution in [-0.4, -0.2) is 137 Å². The topological polar surface area (TPSA) is 217 Å². The van der Waals surface area contributed by atoms with E-state index in [2.05, 4.69) is 34.3 Å². The van der Waals surface area contributed by atoms with Gasteiger partial charge in [0, 0.05) is 64.8 Å². The lowest BCUT2D eigenvalue weighted by Crippen LogP contribution is -2.60. The van der Waals surface area contributed by atoms with Gasteiger partial charge in [-0.05, 0) is 131 Å². The van der Waals surface area contributed by atoms with Crippen LogP contribution < -0.4 is 21.6 Å². The number of rotatable bonds is 11. The molecule has 5 N–H and O–H groups in total. The molecular formula is C49H67N9O8. The second-order valence-electron chi connectivity index (χ2n) is 19.3. The van der Waals surface area contributed by atoms with E-state index in [1.165, 1.54) is 10.5 Å². The predicted octanol–water partition coefficient (Wildman–Crippen LogP) is 3.56. The van der Waals surface area contributed by atoms with Crippen LogP contribution in [0.15, 0.2) is 48.5 Å². The molecule has 5 aliphatic rings. The second kappa shape index (κ2) is 22.3. The first-order chi connectivity index (χ1) is 31.8. The number of aryl methyl sites for hydroxylation is 1. The largest absolute Gasteiger partial charge is 0.434 e. The summed E-state index contributed by atoms with van der Waals surface area (Å²) >= 11 is 0. The Kier molecular flexibility index (Phi) is 16.3. The van der Waals surface area contributed by atoms with Crippen molar-refractivity contribution in [3.05, 3.63) is 70.8 Å². The number of nitrogens with zero attached hydrogens (tertiary/aromatic N) is 5. The van der Waals surface area contributed by atoms with Gasteiger partial charge in [-0.25, -0.2) is 10.3 Å². The van der Waals surface area contributed by atoms with E-state index in [0.717, 1.165) is 49.7 Å². The summed E-state index contributed by atoms with van der Waals surface area (Å²) in [5.74, 6) is -3.51. The number of carbonyl (C=O) groups is 6. The van der Waals surface area contributed by atoms with Gasteiger partial charge >= 0.3 is 6.09 Å². The van der Waals surface area contributed by atoms with Crippen LogP contribution in [0.2, 0.25) is 0 Å². The van der Waals surface area contributed by atoms with Gasteiger partial charge < -0.3 is 35.1 Å². The number of amides is 6. The number of benzene rings is 2. The van der Waals surface area contributed by atoms with Gasteiger partial charge in [0.2, 0.25) is 23.6 Å². The van der Waals surface area contributed by atoms with E-state index in [1.54, 1.807) is 29.1 Å². The molecular weight excluding hydrogens is 843 g/mol. The maximum absolute atomic E-state index is 14.3. The van der Waals surface area contributed by atoms with Gasteiger partial charge in [-0.15, -0.1) is 0 Å². The molecule has 66 heavy (non-hydrogen) atoms. The molecule has 5 aliphatic heterocycles. The molecule has 0 saturated carbocycles. The van der Waals surface area contributed by atoms with Gasteiger partial charge in [-0.3, -0.25) is 29.2 Å². The lowest BCUT2D eigenvalue weighted by molar-refractivity contribution is -0.146. The molecule has 2 aromatic carbocycles. The number of hydrogen-bond acceptors (Lipinski definition) is 11. The average molecular weight is 910 g/mol. The lowest BCUT2D eigenvalue weighted by atomic mass is 9.81. The molecule has 0 radical (unpaired) electrons. The van der Waals surface area contributed by atoms with Crippen molar-refractivity contribution in [1.82, 2.24) is 41.2 Å². The molecule has 0 bridgehead atoms. The zero-order chi connectivity index (χ0) is 46.9. The van der Waals surface area contributed by atoms with Crippen molar-refractivity contribution < 1.29 is 38.8 Å². The Morgan fingerprint density at radius 3 is 1.94 bits per heavy atom. The second-order valence-corrected chi connectivity index (χ2v) is 19.3. The van der Waals surface area contributed by atoms with Crippen LogP contribution in [0.5, 0.6) is 0 Å². The minimum atomic E-state index is -0.930. The van der Waals surface area contributed by atoms with E-state index in [-0.39, 0.29) is 67.3 Å². The Bertz CT molecular complexity index is 2090. The number of carbonyl (C=O) groups excluding carboxylic acids is 6. The summed E-state index contributed by atoms with van der Waals surface area (Å²) in [6.45, 7) is 9.93. The highest BCUT2D eigenvalue weighted by Gasteiger charge is 2.45. The minimum Gasteiger partial charge on any atom is -0.343 e. The van der Waals surface area contributed by atoms with Crippen LogP contribution in [0.4, 0.5) is 4.79 Å². The quantitative estimate of drug-likeness (QED) is 0.162. The van der Waals surface area contributed by atoms with Gasteiger partial charge in [0.1, 0.15) is 0 Å². The van der Waals surface area contributed by atoms with Crippen LogP contribution in [0.1, 0.15) is 106 Å². The molecule has 5 saturated heterocycles. The summed E-state index contributed by atoms with van der Waals surface area (Å²) < 4.78 is 0. The maximum Gasteiger partial charge on any atom is 0.434 e. The lowest BCUT2D eigenvalue weighted by Gasteiger charge is -2.41. The van der Waals surface area contributed by atoms with Crippen molar-refractivity contribution in [2.24, 2.45) is 23.7 Å². The Morgan fingerprint density at radius 2 is 1.36 bits per heavy atom. The highest BCUT2D eigenvalue weighted by molar-refractivity contribution is 5.91. The molecule has 1 unspecified atom stereocenters. The fourth-order valence-corrected chi connectivity index (χ4v) is 11.0. The van der Waals surface area contributed by atoms with Crippen LogP contribution in [0.3, 0.4) is 0 Å². The average Bonchev–Trinajstić information content (AvgIpc) is 3.90. The maximum atomic E-state index is 14.3. The van der Waals surface area contributed by atoms with Gasteiger partial charge in [0.05, 0.1) is 35.6 Å². The van der Waals surface area contributed by atoms with Crippen molar-refractivity contribution in [2.75, 3.05) is 58.9 Å². The summed E-state index contributed by atoms with van der Waals surface area (Å²) in [6, 6.07) is 16.0. The van der Waals surface area contributed by atoms with E-state index in [0.29, 0.717) is 63.8 Å². The number of hydroxylamine groups is 2. The van der Waals surface area contributed by atoms with Crippen molar-refractivity contribution >= 4 is 35.6 Å². The molecule has 356 valence electrons. The zero-order valence-electron chi connectivity index (χ0n) is 38.6. The first-order valence-electron chi connectivity index (χ1n) is 23.9. The van der Waals surface area contributed by atoms with Crippen molar-refractivity contribution in [2.45, 2.75) is 109 Å². The Hall–Kier alpha value is -5.57. The third-order valence-corrected chi connectivity index (χ3v) is 14.7. The summed E-state index contributed by atoms with van der Waals surface area (Å²) in [6.07, 6.45) is 4.84. The van der Waals surface area contributed by atoms with Crippen LogP contribution >= 0.6 is 0 Å². The van der Waals surface area contributed by atoms with E-state index >= 15 is 0 Å².